The molecule has 1 amide bonds. The van der Waals surface area contributed by atoms with Crippen molar-refractivity contribution in [3.63, 3.8) is 0 Å². The van der Waals surface area contributed by atoms with Crippen molar-refractivity contribution in [2.24, 2.45) is 5.10 Å². The topological polar surface area (TPSA) is 74.2 Å². The molecule has 1 aliphatic heterocycles. The summed E-state index contributed by atoms with van der Waals surface area (Å²) >= 11 is 1.31. The Morgan fingerprint density at radius 1 is 1.07 bits per heavy atom. The van der Waals surface area contributed by atoms with Crippen LogP contribution in [-0.2, 0) is 4.79 Å². The van der Waals surface area contributed by atoms with Gasteiger partial charge in [0.05, 0.1) is 18.0 Å². The van der Waals surface area contributed by atoms with Gasteiger partial charge < -0.3 is 0 Å². The molecule has 0 unspecified atom stereocenters. The number of nitrogens with one attached hydrogen (secondary N) is 1. The Kier molecular flexibility index (Phi) is 5.63. The summed E-state index contributed by atoms with van der Waals surface area (Å²) in [4.78, 5) is 16.8. The van der Waals surface area contributed by atoms with Gasteiger partial charge in [-0.25, -0.2) is 9.99 Å². The van der Waals surface area contributed by atoms with Crippen LogP contribution < -0.4 is 0 Å². The highest BCUT2D eigenvalue weighted by Gasteiger charge is 2.21. The number of amides is 1. The van der Waals surface area contributed by atoms with Gasteiger partial charge in [-0.2, -0.15) is 5.10 Å². The van der Waals surface area contributed by atoms with Gasteiger partial charge in [0.15, 0.2) is 0 Å². The van der Waals surface area contributed by atoms with Gasteiger partial charge in [0.25, 0.3) is 5.91 Å². The largest absolute Gasteiger partial charge is 0.272 e. The molecule has 1 N–H and O–H groups in total. The predicted octanol–water partition coefficient (Wildman–Crippen LogP) is 3.70. The van der Waals surface area contributed by atoms with Gasteiger partial charge in [0.1, 0.15) is 5.82 Å². The fourth-order valence-electron chi connectivity index (χ4n) is 2.81. The molecule has 0 aliphatic carbocycles. The first-order valence-corrected chi connectivity index (χ1v) is 9.98. The molecule has 1 aromatic heterocycles. The summed E-state index contributed by atoms with van der Waals surface area (Å²) in [5.41, 5.74) is 3.10. The van der Waals surface area contributed by atoms with E-state index in [1.54, 1.807) is 0 Å². The number of carbonyl (C=O) groups is 1. The van der Waals surface area contributed by atoms with E-state index in [-0.39, 0.29) is 11.7 Å². The van der Waals surface area contributed by atoms with Crippen LogP contribution in [0, 0.1) is 0 Å². The number of benzene rings is 2. The smallest absolute Gasteiger partial charge is 0.253 e. The van der Waals surface area contributed by atoms with Gasteiger partial charge in [-0.15, -0.1) is 5.10 Å². The van der Waals surface area contributed by atoms with Crippen molar-refractivity contribution in [3.05, 3.63) is 77.6 Å². The summed E-state index contributed by atoms with van der Waals surface area (Å²) in [6, 6.07) is 19.9. The SMILES string of the molecule is O=C(CSc1n[nH]c(/C=C/c2ccccc2)n1)N1CCC(c2ccccc2)=N1. The van der Waals surface area contributed by atoms with Crippen LogP contribution in [0.5, 0.6) is 0 Å². The number of H-pyrrole nitrogens is 1. The number of rotatable bonds is 6. The molecule has 6 nitrogen and oxygen atoms in total. The maximum atomic E-state index is 12.4. The Hall–Kier alpha value is -3.19. The van der Waals surface area contributed by atoms with Crippen molar-refractivity contribution in [2.75, 3.05) is 12.3 Å². The second-order valence-corrected chi connectivity index (χ2v) is 7.16. The molecular weight excluding hydrogens is 370 g/mol. The Balaban J connectivity index is 1.31. The molecule has 0 bridgehead atoms. The Morgan fingerprint density at radius 3 is 2.61 bits per heavy atom. The van der Waals surface area contributed by atoms with E-state index < -0.39 is 0 Å². The average molecular weight is 389 g/mol. The van der Waals surface area contributed by atoms with Gasteiger partial charge in [0.2, 0.25) is 5.16 Å². The molecule has 4 rings (SSSR count). The summed E-state index contributed by atoms with van der Waals surface area (Å²) in [7, 11) is 0. The number of carbonyl (C=O) groups excluding carboxylic acids is 1. The number of thioether (sulfide) groups is 1. The summed E-state index contributed by atoms with van der Waals surface area (Å²) in [6.07, 6.45) is 4.60. The maximum absolute atomic E-state index is 12.4. The van der Waals surface area contributed by atoms with Gasteiger partial charge in [-0.3, -0.25) is 9.89 Å². The number of aromatic nitrogens is 3. The molecule has 0 fully saturated rings. The lowest BCUT2D eigenvalue weighted by atomic mass is 10.1. The molecule has 2 heterocycles. The zero-order chi connectivity index (χ0) is 19.2. The first kappa shape index (κ1) is 18.2. The molecule has 0 radical (unpaired) electrons. The molecule has 1 aliphatic rings. The normalized spacial score (nSPS) is 13.9. The number of hydrogen-bond donors (Lipinski definition) is 1. The Morgan fingerprint density at radius 2 is 1.82 bits per heavy atom. The predicted molar refractivity (Wildman–Crippen MR) is 112 cm³/mol. The van der Waals surface area contributed by atoms with Crippen LogP contribution in [0.25, 0.3) is 12.2 Å². The third kappa shape index (κ3) is 4.55. The van der Waals surface area contributed by atoms with E-state index in [9.17, 15) is 4.79 Å². The van der Waals surface area contributed by atoms with Crippen LogP contribution in [-0.4, -0.2) is 44.1 Å². The van der Waals surface area contributed by atoms with Crippen LogP contribution in [0.2, 0.25) is 0 Å². The molecule has 28 heavy (non-hydrogen) atoms. The summed E-state index contributed by atoms with van der Waals surface area (Å²) in [5, 5.41) is 13.6. The van der Waals surface area contributed by atoms with Crippen molar-refractivity contribution in [1.82, 2.24) is 20.2 Å². The number of nitrogens with zero attached hydrogens (tertiary/aromatic N) is 4. The molecule has 3 aromatic rings. The molecule has 7 heteroatoms. The van der Waals surface area contributed by atoms with Crippen LogP contribution in [0.3, 0.4) is 0 Å². The Bertz CT molecular complexity index is 998. The zero-order valence-corrected chi connectivity index (χ0v) is 16.0. The monoisotopic (exact) mass is 389 g/mol. The number of hydrazone groups is 1. The Labute approximate surface area is 167 Å². The molecule has 0 saturated heterocycles. The second-order valence-electron chi connectivity index (χ2n) is 6.22. The second kappa shape index (κ2) is 8.67. The minimum absolute atomic E-state index is 0.0397. The lowest BCUT2D eigenvalue weighted by Crippen LogP contribution is -2.25. The fourth-order valence-corrected chi connectivity index (χ4v) is 3.48. The number of aromatic amines is 1. The first-order chi connectivity index (χ1) is 13.8. The molecular formula is C21H19N5OS. The van der Waals surface area contributed by atoms with Crippen molar-refractivity contribution >= 4 is 35.5 Å². The fraction of sp³-hybridized carbons (Fsp3) is 0.143. The highest BCUT2D eigenvalue weighted by Crippen LogP contribution is 2.18. The molecule has 0 atom stereocenters. The minimum atomic E-state index is -0.0397. The third-order valence-corrected chi connectivity index (χ3v) is 5.07. The van der Waals surface area contributed by atoms with Gasteiger partial charge >= 0.3 is 0 Å². The van der Waals surface area contributed by atoms with Gasteiger partial charge in [0, 0.05) is 6.42 Å². The molecule has 0 spiro atoms. The zero-order valence-electron chi connectivity index (χ0n) is 15.2. The van der Waals surface area contributed by atoms with Crippen LogP contribution in [0.15, 0.2) is 70.9 Å². The standard InChI is InChI=1S/C21H19N5OS/c27-20(26-14-13-18(25-26)17-9-5-2-6-10-17)15-28-21-22-19(23-24-21)12-11-16-7-3-1-4-8-16/h1-12H,13-15H2,(H,22,23,24)/b12-11+. The lowest BCUT2D eigenvalue weighted by molar-refractivity contribution is -0.127. The molecule has 2 aromatic carbocycles. The summed E-state index contributed by atoms with van der Waals surface area (Å²) in [5.74, 6) is 0.872. The lowest BCUT2D eigenvalue weighted by Gasteiger charge is -2.09. The minimum Gasteiger partial charge on any atom is -0.272 e. The molecule has 0 saturated carbocycles. The first-order valence-electron chi connectivity index (χ1n) is 8.99. The van der Waals surface area contributed by atoms with E-state index in [1.807, 2.05) is 72.8 Å². The quantitative estimate of drug-likeness (QED) is 0.652. The number of hydrogen-bond acceptors (Lipinski definition) is 5. The van der Waals surface area contributed by atoms with E-state index in [1.165, 1.54) is 16.8 Å². The van der Waals surface area contributed by atoms with Crippen molar-refractivity contribution in [1.29, 1.82) is 0 Å². The van der Waals surface area contributed by atoms with Crippen LogP contribution >= 0.6 is 11.8 Å². The van der Waals surface area contributed by atoms with Gasteiger partial charge in [-0.1, -0.05) is 78.5 Å². The van der Waals surface area contributed by atoms with Crippen molar-refractivity contribution in [3.8, 4) is 0 Å². The highest BCUT2D eigenvalue weighted by molar-refractivity contribution is 7.99. The molecule has 140 valence electrons. The summed E-state index contributed by atoms with van der Waals surface area (Å²) in [6.45, 7) is 0.614. The van der Waals surface area contributed by atoms with Crippen molar-refractivity contribution in [2.45, 2.75) is 11.6 Å². The van der Waals surface area contributed by atoms with Crippen LogP contribution in [0.1, 0.15) is 23.4 Å². The summed E-state index contributed by atoms with van der Waals surface area (Å²) < 4.78 is 0. The van der Waals surface area contributed by atoms with Gasteiger partial charge in [-0.05, 0) is 17.2 Å². The van der Waals surface area contributed by atoms with Crippen LogP contribution in [0.4, 0.5) is 0 Å². The van der Waals surface area contributed by atoms with E-state index >= 15 is 0 Å². The van der Waals surface area contributed by atoms with E-state index in [0.717, 1.165) is 23.3 Å². The van der Waals surface area contributed by atoms with Crippen molar-refractivity contribution < 1.29 is 4.79 Å². The van der Waals surface area contributed by atoms with E-state index in [4.69, 9.17) is 0 Å². The third-order valence-electron chi connectivity index (χ3n) is 4.24. The maximum Gasteiger partial charge on any atom is 0.253 e. The highest BCUT2D eigenvalue weighted by atomic mass is 32.2. The van der Waals surface area contributed by atoms with E-state index in [0.29, 0.717) is 17.5 Å². The van der Waals surface area contributed by atoms with E-state index in [2.05, 4.69) is 20.3 Å². The average Bonchev–Trinajstić information content (AvgIpc) is 3.42.